The molecule has 0 spiro atoms. The van der Waals surface area contributed by atoms with Crippen LogP contribution in [-0.2, 0) is 0 Å². The van der Waals surface area contributed by atoms with Crippen molar-refractivity contribution >= 4 is 22.9 Å². The van der Waals surface area contributed by atoms with Crippen LogP contribution in [0.4, 0.5) is 5.69 Å². The first-order chi connectivity index (χ1) is 11.3. The Morgan fingerprint density at radius 2 is 2.26 bits per heavy atom. The van der Waals surface area contributed by atoms with E-state index in [1.807, 2.05) is 6.20 Å². The van der Waals surface area contributed by atoms with E-state index in [1.165, 1.54) is 30.6 Å². The molecule has 0 radical (unpaired) electrons. The lowest BCUT2D eigenvalue weighted by molar-refractivity contribution is 0.0954. The molecular weight excluding hydrogens is 312 g/mol. The Labute approximate surface area is 137 Å². The van der Waals surface area contributed by atoms with Crippen molar-refractivity contribution in [3.05, 3.63) is 17.3 Å². The van der Waals surface area contributed by atoms with Gasteiger partial charge in [0.1, 0.15) is 17.2 Å². The largest absolute Gasteiger partial charge is 0.488 e. The quantitative estimate of drug-likeness (QED) is 0.886. The normalized spacial score (nSPS) is 23.6. The molecule has 23 heavy (non-hydrogen) atoms. The zero-order valence-corrected chi connectivity index (χ0v) is 13.5. The van der Waals surface area contributed by atoms with Crippen molar-refractivity contribution in [1.82, 2.24) is 15.5 Å². The third-order valence-electron chi connectivity index (χ3n) is 5.24. The summed E-state index contributed by atoms with van der Waals surface area (Å²) in [6.45, 7) is 2.27. The highest BCUT2D eigenvalue weighted by Crippen LogP contribution is 2.51. The maximum atomic E-state index is 12.6. The first-order valence-corrected chi connectivity index (χ1v) is 8.98. The smallest absolute Gasteiger partial charge is 0.263 e. The number of carbonyl (C=O) groups excluding carboxylic acids is 1. The molecule has 1 amide bonds. The zero-order valence-electron chi connectivity index (χ0n) is 12.7. The van der Waals surface area contributed by atoms with Crippen molar-refractivity contribution < 1.29 is 9.53 Å². The van der Waals surface area contributed by atoms with Crippen LogP contribution in [0.3, 0.4) is 0 Å². The molecule has 5 rings (SSSR count). The summed E-state index contributed by atoms with van der Waals surface area (Å²) in [6.07, 6.45) is 7.47. The number of amides is 1. The second kappa shape index (κ2) is 4.99. The van der Waals surface area contributed by atoms with E-state index in [4.69, 9.17) is 4.74 Å². The summed E-state index contributed by atoms with van der Waals surface area (Å²) >= 11 is 1.51. The first kappa shape index (κ1) is 13.4. The van der Waals surface area contributed by atoms with Gasteiger partial charge in [-0.25, -0.2) is 0 Å². The fourth-order valence-electron chi connectivity index (χ4n) is 3.84. The number of aromatic nitrogens is 2. The number of ether oxygens (including phenoxy) is 1. The van der Waals surface area contributed by atoms with Crippen LogP contribution in [0.15, 0.2) is 12.4 Å². The predicted octanol–water partition coefficient (Wildman–Crippen LogP) is 2.25. The van der Waals surface area contributed by atoms with Crippen molar-refractivity contribution in [3.8, 4) is 16.2 Å². The minimum atomic E-state index is 0.0262. The molecular formula is C16H18N4O2S. The van der Waals surface area contributed by atoms with E-state index in [0.717, 1.165) is 39.8 Å². The Balaban J connectivity index is 1.66. The van der Waals surface area contributed by atoms with E-state index in [-0.39, 0.29) is 5.91 Å². The molecule has 120 valence electrons. The minimum absolute atomic E-state index is 0.0262. The lowest BCUT2D eigenvalue weighted by atomic mass is 9.79. The van der Waals surface area contributed by atoms with Crippen LogP contribution in [0.25, 0.3) is 10.4 Å². The second-order valence-corrected chi connectivity index (χ2v) is 7.46. The number of rotatable bonds is 2. The van der Waals surface area contributed by atoms with Crippen molar-refractivity contribution in [3.63, 3.8) is 0 Å². The summed E-state index contributed by atoms with van der Waals surface area (Å²) < 4.78 is 6.00. The Bertz CT molecular complexity index is 750. The summed E-state index contributed by atoms with van der Waals surface area (Å²) in [6, 6.07) is 0.392. The van der Waals surface area contributed by atoms with Gasteiger partial charge in [0.05, 0.1) is 17.6 Å². The molecule has 0 unspecified atom stereocenters. The number of carbonyl (C=O) groups is 1. The highest BCUT2D eigenvalue weighted by Gasteiger charge is 2.41. The van der Waals surface area contributed by atoms with Crippen LogP contribution in [0.5, 0.6) is 5.75 Å². The van der Waals surface area contributed by atoms with Gasteiger partial charge in [-0.3, -0.25) is 9.89 Å². The van der Waals surface area contributed by atoms with E-state index in [2.05, 4.69) is 20.4 Å². The van der Waals surface area contributed by atoms with Gasteiger partial charge >= 0.3 is 0 Å². The van der Waals surface area contributed by atoms with Crippen LogP contribution in [-0.4, -0.2) is 41.8 Å². The predicted molar refractivity (Wildman–Crippen MR) is 88.2 cm³/mol. The summed E-state index contributed by atoms with van der Waals surface area (Å²) in [5, 5.41) is 10.0. The van der Waals surface area contributed by atoms with Gasteiger partial charge in [-0.2, -0.15) is 5.10 Å². The second-order valence-electron chi connectivity index (χ2n) is 6.44. The van der Waals surface area contributed by atoms with E-state index in [9.17, 15) is 4.79 Å². The van der Waals surface area contributed by atoms with Crippen molar-refractivity contribution in [2.24, 2.45) is 5.92 Å². The average Bonchev–Trinajstić information content (AvgIpc) is 3.12. The van der Waals surface area contributed by atoms with Crippen LogP contribution >= 0.6 is 11.3 Å². The van der Waals surface area contributed by atoms with Crippen molar-refractivity contribution in [2.75, 3.05) is 24.6 Å². The molecule has 0 aromatic carbocycles. The highest BCUT2D eigenvalue weighted by atomic mass is 32.1. The molecule has 0 saturated heterocycles. The van der Waals surface area contributed by atoms with Crippen LogP contribution < -0.4 is 15.0 Å². The molecule has 3 aliphatic rings. The van der Waals surface area contributed by atoms with E-state index in [1.54, 1.807) is 6.20 Å². The minimum Gasteiger partial charge on any atom is -0.488 e. The molecule has 1 saturated carbocycles. The standard InChI is InChI=1S/C16H18N4O2S/c21-16-15-12-13(14(23-15)10-6-18-19-7-10)22-5-4-20(12)11(8-17-16)9-2-1-3-9/h6-7,9,11H,1-5,8H2,(H,17,21)(H,18,19)/t11-/m0/s1. The molecule has 4 heterocycles. The van der Waals surface area contributed by atoms with Gasteiger partial charge in [0.2, 0.25) is 0 Å². The Hall–Kier alpha value is -2.02. The number of thiophene rings is 1. The van der Waals surface area contributed by atoms with E-state index >= 15 is 0 Å². The monoisotopic (exact) mass is 330 g/mol. The molecule has 1 atom stereocenters. The highest BCUT2D eigenvalue weighted by molar-refractivity contribution is 7.18. The SMILES string of the molecule is O=C1NC[C@@H](C2CCC2)N2CCOc3c(-c4cn[nH]c4)sc1c32. The molecule has 2 aromatic rings. The molecule has 0 bridgehead atoms. The summed E-state index contributed by atoms with van der Waals surface area (Å²) in [4.78, 5) is 16.8. The molecule has 2 aliphatic heterocycles. The van der Waals surface area contributed by atoms with Gasteiger partial charge in [0.25, 0.3) is 5.91 Å². The third-order valence-corrected chi connectivity index (χ3v) is 6.45. The summed E-state index contributed by atoms with van der Waals surface area (Å²) in [7, 11) is 0. The Kier molecular flexibility index (Phi) is 2.91. The fourth-order valence-corrected chi connectivity index (χ4v) is 5.00. The van der Waals surface area contributed by atoms with Gasteiger partial charge < -0.3 is 15.0 Å². The van der Waals surface area contributed by atoms with E-state index < -0.39 is 0 Å². The number of nitrogens with zero attached hydrogens (tertiary/aromatic N) is 2. The Morgan fingerprint density at radius 1 is 1.35 bits per heavy atom. The summed E-state index contributed by atoms with van der Waals surface area (Å²) in [5.41, 5.74) is 1.98. The van der Waals surface area contributed by atoms with Gasteiger partial charge in [-0.1, -0.05) is 6.42 Å². The molecule has 1 fully saturated rings. The average molecular weight is 330 g/mol. The number of hydrogen-bond acceptors (Lipinski definition) is 5. The number of anilines is 1. The van der Waals surface area contributed by atoms with Crippen molar-refractivity contribution in [1.29, 1.82) is 0 Å². The van der Waals surface area contributed by atoms with Crippen LogP contribution in [0, 0.1) is 5.92 Å². The van der Waals surface area contributed by atoms with Crippen LogP contribution in [0.2, 0.25) is 0 Å². The maximum Gasteiger partial charge on any atom is 0.263 e. The number of H-pyrrole nitrogens is 1. The first-order valence-electron chi connectivity index (χ1n) is 8.16. The van der Waals surface area contributed by atoms with Gasteiger partial charge in [-0.05, 0) is 18.8 Å². The molecule has 1 aliphatic carbocycles. The van der Waals surface area contributed by atoms with Gasteiger partial charge in [0, 0.05) is 24.3 Å². The van der Waals surface area contributed by atoms with E-state index in [0.29, 0.717) is 18.6 Å². The topological polar surface area (TPSA) is 70.2 Å². The molecule has 2 N–H and O–H groups in total. The third kappa shape index (κ3) is 1.92. The maximum absolute atomic E-state index is 12.6. The summed E-state index contributed by atoms with van der Waals surface area (Å²) in [5.74, 6) is 1.57. The molecule has 7 heteroatoms. The zero-order chi connectivity index (χ0) is 15.4. The number of aromatic amines is 1. The van der Waals surface area contributed by atoms with Gasteiger partial charge in [-0.15, -0.1) is 11.3 Å². The van der Waals surface area contributed by atoms with Crippen LogP contribution in [0.1, 0.15) is 28.9 Å². The molecule has 2 aromatic heterocycles. The van der Waals surface area contributed by atoms with Gasteiger partial charge in [0.15, 0.2) is 5.75 Å². The molecule has 6 nitrogen and oxygen atoms in total. The lowest BCUT2D eigenvalue weighted by Gasteiger charge is -2.43. The number of hydrogen-bond donors (Lipinski definition) is 2. The fraction of sp³-hybridized carbons (Fsp3) is 0.500. The van der Waals surface area contributed by atoms with Crippen molar-refractivity contribution in [2.45, 2.75) is 25.3 Å². The lowest BCUT2D eigenvalue weighted by Crippen LogP contribution is -2.50. The Morgan fingerprint density at radius 3 is 3.00 bits per heavy atom. The number of nitrogens with one attached hydrogen (secondary N) is 2.